The van der Waals surface area contributed by atoms with Crippen LogP contribution in [0, 0.1) is 29.1 Å². The quantitative estimate of drug-likeness (QED) is 0.538. The van der Waals surface area contributed by atoms with Gasteiger partial charge in [-0.3, -0.25) is 0 Å². The summed E-state index contributed by atoms with van der Waals surface area (Å²) in [6.07, 6.45) is 13.4. The summed E-state index contributed by atoms with van der Waals surface area (Å²) < 4.78 is 0. The third-order valence-electron chi connectivity index (χ3n) is 5.75. The third-order valence-corrected chi connectivity index (χ3v) is 5.75. The second-order valence-corrected chi connectivity index (χ2v) is 8.33. The summed E-state index contributed by atoms with van der Waals surface area (Å²) >= 11 is 0. The van der Waals surface area contributed by atoms with Crippen molar-refractivity contribution in [3.63, 3.8) is 0 Å². The molecule has 2 fully saturated rings. The minimum Gasteiger partial charge on any atom is -0.0625 e. The van der Waals surface area contributed by atoms with Gasteiger partial charge in [-0.1, -0.05) is 47.0 Å². The van der Waals surface area contributed by atoms with Gasteiger partial charge in [0.2, 0.25) is 0 Å². The van der Waals surface area contributed by atoms with Gasteiger partial charge in [-0.15, -0.1) is 0 Å². The number of hydrogen-bond donors (Lipinski definition) is 0. The second kappa shape index (κ2) is 5.97. The maximum atomic E-state index is 2.51. The maximum absolute atomic E-state index is 2.51. The molecule has 2 saturated carbocycles. The molecule has 18 heavy (non-hydrogen) atoms. The van der Waals surface area contributed by atoms with Gasteiger partial charge in [0, 0.05) is 0 Å². The standard InChI is InChI=1S/C18H34/c1-14-6-7-17(11-14)12-15(2)10-16(3)13-18(4)8-5-9-18/h14-17H,5-13H2,1-4H3. The average molecular weight is 250 g/mol. The molecule has 106 valence electrons. The Bertz CT molecular complexity index is 251. The molecule has 0 aromatic rings. The lowest BCUT2D eigenvalue weighted by Crippen LogP contribution is -2.28. The molecule has 0 amide bonds. The Balaban J connectivity index is 1.65. The Morgan fingerprint density at radius 1 is 1.11 bits per heavy atom. The Morgan fingerprint density at radius 2 is 1.83 bits per heavy atom. The van der Waals surface area contributed by atoms with Crippen LogP contribution in [0.5, 0.6) is 0 Å². The monoisotopic (exact) mass is 250 g/mol. The van der Waals surface area contributed by atoms with Gasteiger partial charge < -0.3 is 0 Å². The van der Waals surface area contributed by atoms with Crippen LogP contribution in [0.15, 0.2) is 0 Å². The van der Waals surface area contributed by atoms with E-state index in [1.165, 1.54) is 57.8 Å². The van der Waals surface area contributed by atoms with Crippen LogP contribution in [0.4, 0.5) is 0 Å². The molecule has 2 aliphatic carbocycles. The van der Waals surface area contributed by atoms with E-state index in [1.807, 2.05) is 0 Å². The zero-order valence-corrected chi connectivity index (χ0v) is 13.2. The van der Waals surface area contributed by atoms with Crippen LogP contribution in [-0.2, 0) is 0 Å². The van der Waals surface area contributed by atoms with Gasteiger partial charge in [0.25, 0.3) is 0 Å². The minimum atomic E-state index is 0.723. The van der Waals surface area contributed by atoms with Crippen LogP contribution in [0.25, 0.3) is 0 Å². The Labute approximate surface area is 115 Å². The summed E-state index contributed by atoms with van der Waals surface area (Å²) in [5.74, 6) is 3.97. The van der Waals surface area contributed by atoms with Gasteiger partial charge in [0.1, 0.15) is 0 Å². The summed E-state index contributed by atoms with van der Waals surface area (Å²) in [5, 5.41) is 0. The molecule has 0 aromatic heterocycles. The van der Waals surface area contributed by atoms with E-state index in [0.717, 1.165) is 29.1 Å². The van der Waals surface area contributed by atoms with Crippen LogP contribution in [-0.4, -0.2) is 0 Å². The first-order valence-corrected chi connectivity index (χ1v) is 8.47. The molecule has 2 aliphatic rings. The van der Waals surface area contributed by atoms with Crippen LogP contribution >= 0.6 is 0 Å². The van der Waals surface area contributed by atoms with Gasteiger partial charge in [0.05, 0.1) is 0 Å². The lowest BCUT2D eigenvalue weighted by atomic mass is 9.65. The van der Waals surface area contributed by atoms with E-state index >= 15 is 0 Å². The first kappa shape index (κ1) is 14.4. The molecule has 2 rings (SSSR count). The maximum Gasteiger partial charge on any atom is -0.0323 e. The van der Waals surface area contributed by atoms with Crippen molar-refractivity contribution < 1.29 is 0 Å². The van der Waals surface area contributed by atoms with Crippen molar-refractivity contribution >= 4 is 0 Å². The van der Waals surface area contributed by atoms with Gasteiger partial charge in [-0.2, -0.15) is 0 Å². The molecular formula is C18H34. The van der Waals surface area contributed by atoms with Crippen molar-refractivity contribution in [3.05, 3.63) is 0 Å². The van der Waals surface area contributed by atoms with E-state index < -0.39 is 0 Å². The fourth-order valence-electron chi connectivity index (χ4n) is 4.80. The van der Waals surface area contributed by atoms with E-state index in [4.69, 9.17) is 0 Å². The van der Waals surface area contributed by atoms with Crippen LogP contribution in [0.2, 0.25) is 0 Å². The Morgan fingerprint density at radius 3 is 2.33 bits per heavy atom. The lowest BCUT2D eigenvalue weighted by molar-refractivity contribution is 0.112. The zero-order valence-electron chi connectivity index (χ0n) is 13.2. The van der Waals surface area contributed by atoms with Gasteiger partial charge in [-0.25, -0.2) is 0 Å². The molecule has 0 N–H and O–H groups in total. The summed E-state index contributed by atoms with van der Waals surface area (Å²) in [6, 6.07) is 0. The van der Waals surface area contributed by atoms with E-state index in [2.05, 4.69) is 27.7 Å². The van der Waals surface area contributed by atoms with E-state index in [9.17, 15) is 0 Å². The molecule has 0 heterocycles. The topological polar surface area (TPSA) is 0 Å². The predicted molar refractivity (Wildman–Crippen MR) is 80.6 cm³/mol. The van der Waals surface area contributed by atoms with Gasteiger partial charge in [-0.05, 0) is 67.6 Å². The molecule has 0 saturated heterocycles. The number of rotatable bonds is 6. The fourth-order valence-corrected chi connectivity index (χ4v) is 4.80. The molecule has 0 spiro atoms. The van der Waals surface area contributed by atoms with E-state index in [-0.39, 0.29) is 0 Å². The SMILES string of the molecule is CC1CCC(CC(C)CC(C)CC2(C)CCC2)C1. The first-order valence-electron chi connectivity index (χ1n) is 8.47. The van der Waals surface area contributed by atoms with Crippen LogP contribution < -0.4 is 0 Å². The van der Waals surface area contributed by atoms with Gasteiger partial charge >= 0.3 is 0 Å². The van der Waals surface area contributed by atoms with Crippen molar-refractivity contribution in [2.75, 3.05) is 0 Å². The molecule has 0 aromatic carbocycles. The van der Waals surface area contributed by atoms with Crippen molar-refractivity contribution in [1.29, 1.82) is 0 Å². The van der Waals surface area contributed by atoms with Gasteiger partial charge in [0.15, 0.2) is 0 Å². The third kappa shape index (κ3) is 4.00. The van der Waals surface area contributed by atoms with Crippen molar-refractivity contribution in [2.24, 2.45) is 29.1 Å². The summed E-state index contributed by atoms with van der Waals surface area (Å²) in [7, 11) is 0. The predicted octanol–water partition coefficient (Wildman–Crippen LogP) is 6.06. The highest BCUT2D eigenvalue weighted by Gasteiger charge is 2.33. The molecule has 4 unspecified atom stereocenters. The lowest BCUT2D eigenvalue weighted by Gasteiger charge is -2.41. The Kier molecular flexibility index (Phi) is 4.78. The Hall–Kier alpha value is 0. The van der Waals surface area contributed by atoms with Crippen molar-refractivity contribution in [3.8, 4) is 0 Å². The average Bonchev–Trinajstić information content (AvgIpc) is 2.61. The van der Waals surface area contributed by atoms with Crippen LogP contribution in [0.3, 0.4) is 0 Å². The molecule has 4 atom stereocenters. The molecular weight excluding hydrogens is 216 g/mol. The van der Waals surface area contributed by atoms with Crippen molar-refractivity contribution in [2.45, 2.75) is 85.5 Å². The van der Waals surface area contributed by atoms with E-state index in [0.29, 0.717) is 0 Å². The number of hydrogen-bond acceptors (Lipinski definition) is 0. The summed E-state index contributed by atoms with van der Waals surface area (Å²) in [6.45, 7) is 9.95. The molecule has 0 heteroatoms. The largest absolute Gasteiger partial charge is 0.0625 e. The highest BCUT2D eigenvalue weighted by atomic mass is 14.4. The van der Waals surface area contributed by atoms with Crippen molar-refractivity contribution in [1.82, 2.24) is 0 Å². The summed E-state index contributed by atoms with van der Waals surface area (Å²) in [5.41, 5.74) is 0.723. The van der Waals surface area contributed by atoms with E-state index in [1.54, 1.807) is 0 Å². The molecule has 0 nitrogen and oxygen atoms in total. The fraction of sp³-hybridized carbons (Fsp3) is 1.00. The van der Waals surface area contributed by atoms with Crippen LogP contribution in [0.1, 0.15) is 85.5 Å². The molecule has 0 bridgehead atoms. The molecule has 0 aliphatic heterocycles. The zero-order chi connectivity index (χ0) is 13.2. The second-order valence-electron chi connectivity index (χ2n) is 8.33. The highest BCUT2D eigenvalue weighted by Crippen LogP contribution is 2.46. The first-order chi connectivity index (χ1) is 8.47. The minimum absolute atomic E-state index is 0.723. The summed E-state index contributed by atoms with van der Waals surface area (Å²) in [4.78, 5) is 0. The smallest absolute Gasteiger partial charge is 0.0323 e. The normalized spacial score (nSPS) is 34.0. The molecule has 0 radical (unpaired) electrons. The highest BCUT2D eigenvalue weighted by molar-refractivity contribution is 4.85.